The molecule has 0 rings (SSSR count). The van der Waals surface area contributed by atoms with Crippen molar-refractivity contribution in [1.82, 2.24) is 5.32 Å². The van der Waals surface area contributed by atoms with E-state index in [1.165, 1.54) is 0 Å². The van der Waals surface area contributed by atoms with Crippen LogP contribution in [0.25, 0.3) is 0 Å². The number of halogens is 1. The van der Waals surface area contributed by atoms with Gasteiger partial charge >= 0.3 is 0 Å². The molecule has 3 heteroatoms. The summed E-state index contributed by atoms with van der Waals surface area (Å²) < 4.78 is 0.398. The SMILES string of the molecule is CNCC(C)(C)SC.Cl. The van der Waals surface area contributed by atoms with Gasteiger partial charge in [-0.1, -0.05) is 0 Å². The molecule has 0 aliphatic rings. The number of rotatable bonds is 3. The van der Waals surface area contributed by atoms with Crippen LogP contribution >= 0.6 is 24.2 Å². The Morgan fingerprint density at radius 3 is 2.00 bits per heavy atom. The number of thioether (sulfide) groups is 1. The van der Waals surface area contributed by atoms with Crippen molar-refractivity contribution >= 4 is 24.2 Å². The summed E-state index contributed by atoms with van der Waals surface area (Å²) >= 11 is 1.89. The molecule has 9 heavy (non-hydrogen) atoms. The predicted molar refractivity (Wildman–Crippen MR) is 48.8 cm³/mol. The Morgan fingerprint density at radius 1 is 1.44 bits per heavy atom. The first-order chi connectivity index (χ1) is 3.62. The minimum atomic E-state index is 0. The fourth-order valence-electron chi connectivity index (χ4n) is 0.498. The first kappa shape index (κ1) is 12.3. The van der Waals surface area contributed by atoms with E-state index >= 15 is 0 Å². The summed E-state index contributed by atoms with van der Waals surface area (Å²) in [5, 5.41) is 3.14. The highest BCUT2D eigenvalue weighted by atomic mass is 35.5. The van der Waals surface area contributed by atoms with E-state index in [0.29, 0.717) is 4.75 Å². The quantitative estimate of drug-likeness (QED) is 0.692. The van der Waals surface area contributed by atoms with Crippen LogP contribution in [-0.2, 0) is 0 Å². The van der Waals surface area contributed by atoms with Crippen LogP contribution in [0, 0.1) is 0 Å². The molecule has 0 aliphatic heterocycles. The lowest BCUT2D eigenvalue weighted by Crippen LogP contribution is -2.29. The molecule has 0 amide bonds. The van der Waals surface area contributed by atoms with E-state index in [9.17, 15) is 0 Å². The highest BCUT2D eigenvalue weighted by Gasteiger charge is 2.12. The van der Waals surface area contributed by atoms with Crippen LogP contribution in [0.3, 0.4) is 0 Å². The van der Waals surface area contributed by atoms with Gasteiger partial charge in [-0.3, -0.25) is 0 Å². The highest BCUT2D eigenvalue weighted by molar-refractivity contribution is 7.99. The molecule has 0 aliphatic carbocycles. The maximum atomic E-state index is 3.14. The molecule has 0 saturated carbocycles. The molecule has 58 valence electrons. The van der Waals surface area contributed by atoms with Gasteiger partial charge in [0.2, 0.25) is 0 Å². The molecular formula is C6H16ClNS. The summed E-state index contributed by atoms with van der Waals surface area (Å²) in [4.78, 5) is 0. The molecule has 0 atom stereocenters. The molecule has 0 aromatic heterocycles. The maximum Gasteiger partial charge on any atom is 0.0225 e. The Morgan fingerprint density at radius 2 is 1.89 bits per heavy atom. The number of hydrogen-bond donors (Lipinski definition) is 1. The van der Waals surface area contributed by atoms with E-state index in [1.54, 1.807) is 0 Å². The largest absolute Gasteiger partial charge is 0.318 e. The Hall–Kier alpha value is 0.600. The van der Waals surface area contributed by atoms with Gasteiger partial charge in [-0.05, 0) is 27.2 Å². The van der Waals surface area contributed by atoms with Crippen LogP contribution in [-0.4, -0.2) is 24.6 Å². The van der Waals surface area contributed by atoms with Gasteiger partial charge in [0.1, 0.15) is 0 Å². The minimum Gasteiger partial charge on any atom is -0.318 e. The average molecular weight is 170 g/mol. The molecule has 0 saturated heterocycles. The summed E-state index contributed by atoms with van der Waals surface area (Å²) in [5.41, 5.74) is 0. The molecule has 0 unspecified atom stereocenters. The smallest absolute Gasteiger partial charge is 0.0225 e. The lowest BCUT2D eigenvalue weighted by atomic mass is 10.2. The summed E-state index contributed by atoms with van der Waals surface area (Å²) in [6.45, 7) is 5.54. The first-order valence-electron chi connectivity index (χ1n) is 2.82. The van der Waals surface area contributed by atoms with Crippen molar-refractivity contribution in [2.24, 2.45) is 0 Å². The molecule has 0 bridgehead atoms. The van der Waals surface area contributed by atoms with Gasteiger partial charge in [0.25, 0.3) is 0 Å². The van der Waals surface area contributed by atoms with Crippen molar-refractivity contribution in [3.8, 4) is 0 Å². The predicted octanol–water partition coefficient (Wildman–Crippen LogP) is 1.77. The van der Waals surface area contributed by atoms with Gasteiger partial charge in [0.05, 0.1) is 0 Å². The Labute approximate surface area is 68.4 Å². The van der Waals surface area contributed by atoms with Gasteiger partial charge in [-0.15, -0.1) is 12.4 Å². The third-order valence-electron chi connectivity index (χ3n) is 1.16. The van der Waals surface area contributed by atoms with Crippen molar-refractivity contribution in [2.75, 3.05) is 19.8 Å². The molecule has 1 N–H and O–H groups in total. The van der Waals surface area contributed by atoms with Crippen LogP contribution in [0.2, 0.25) is 0 Å². The first-order valence-corrected chi connectivity index (χ1v) is 4.04. The van der Waals surface area contributed by atoms with E-state index in [2.05, 4.69) is 25.4 Å². The van der Waals surface area contributed by atoms with E-state index in [-0.39, 0.29) is 12.4 Å². The second-order valence-corrected chi connectivity index (χ2v) is 4.01. The lowest BCUT2D eigenvalue weighted by Gasteiger charge is -2.20. The summed E-state index contributed by atoms with van der Waals surface area (Å²) in [6, 6.07) is 0. The second-order valence-electron chi connectivity index (χ2n) is 2.49. The summed E-state index contributed by atoms with van der Waals surface area (Å²) in [7, 11) is 1.98. The average Bonchev–Trinajstić information content (AvgIpc) is 1.67. The number of nitrogens with one attached hydrogen (secondary N) is 1. The van der Waals surface area contributed by atoms with Crippen molar-refractivity contribution in [3.63, 3.8) is 0 Å². The van der Waals surface area contributed by atoms with Crippen molar-refractivity contribution < 1.29 is 0 Å². The second kappa shape index (κ2) is 5.39. The normalized spacial score (nSPS) is 10.7. The van der Waals surface area contributed by atoms with Gasteiger partial charge in [0.15, 0.2) is 0 Å². The Bertz CT molecular complexity index is 66.1. The molecule has 0 spiro atoms. The summed E-state index contributed by atoms with van der Waals surface area (Å²) in [5.74, 6) is 0. The zero-order chi connectivity index (χ0) is 6.62. The van der Waals surface area contributed by atoms with Gasteiger partial charge < -0.3 is 5.32 Å². The maximum absolute atomic E-state index is 3.14. The third kappa shape index (κ3) is 6.49. The molecule has 0 aromatic rings. The zero-order valence-corrected chi connectivity index (χ0v) is 8.16. The van der Waals surface area contributed by atoms with Crippen LogP contribution in [0.1, 0.15) is 13.8 Å². The van der Waals surface area contributed by atoms with E-state index in [4.69, 9.17) is 0 Å². The molecule has 0 fully saturated rings. The molecule has 0 radical (unpaired) electrons. The van der Waals surface area contributed by atoms with Crippen molar-refractivity contribution in [1.29, 1.82) is 0 Å². The highest BCUT2D eigenvalue weighted by Crippen LogP contribution is 2.18. The van der Waals surface area contributed by atoms with Crippen LogP contribution in [0.4, 0.5) is 0 Å². The van der Waals surface area contributed by atoms with Crippen molar-refractivity contribution in [3.05, 3.63) is 0 Å². The molecule has 0 heterocycles. The summed E-state index contributed by atoms with van der Waals surface area (Å²) in [6.07, 6.45) is 2.14. The molecule has 1 nitrogen and oxygen atoms in total. The van der Waals surface area contributed by atoms with E-state index in [0.717, 1.165) is 6.54 Å². The standard InChI is InChI=1S/C6H15NS.ClH/c1-6(2,8-4)5-7-3;/h7H,5H2,1-4H3;1H. The third-order valence-corrected chi connectivity index (χ3v) is 2.40. The van der Waals surface area contributed by atoms with Gasteiger partial charge in [-0.2, -0.15) is 11.8 Å². The van der Waals surface area contributed by atoms with Crippen LogP contribution in [0.5, 0.6) is 0 Å². The monoisotopic (exact) mass is 169 g/mol. The molecular weight excluding hydrogens is 154 g/mol. The zero-order valence-electron chi connectivity index (χ0n) is 6.52. The lowest BCUT2D eigenvalue weighted by molar-refractivity contribution is 0.644. The Kier molecular flexibility index (Phi) is 7.36. The minimum absolute atomic E-state index is 0. The van der Waals surface area contributed by atoms with E-state index < -0.39 is 0 Å². The molecule has 0 aromatic carbocycles. The van der Waals surface area contributed by atoms with Crippen LogP contribution < -0.4 is 5.32 Å². The Balaban J connectivity index is 0. The van der Waals surface area contributed by atoms with Gasteiger partial charge in [-0.25, -0.2) is 0 Å². The van der Waals surface area contributed by atoms with E-state index in [1.807, 2.05) is 18.8 Å². The topological polar surface area (TPSA) is 12.0 Å². The fraction of sp³-hybridized carbons (Fsp3) is 1.00. The van der Waals surface area contributed by atoms with Crippen molar-refractivity contribution in [2.45, 2.75) is 18.6 Å². The fourth-order valence-corrected chi connectivity index (χ4v) is 0.787. The van der Waals surface area contributed by atoms with Crippen LogP contribution in [0.15, 0.2) is 0 Å². The van der Waals surface area contributed by atoms with Gasteiger partial charge in [0, 0.05) is 11.3 Å². The number of hydrogen-bond acceptors (Lipinski definition) is 2.